The van der Waals surface area contributed by atoms with Gasteiger partial charge in [0.05, 0.1) is 5.39 Å². The molecule has 180 valence electrons. The third-order valence-corrected chi connectivity index (χ3v) is 6.27. The maximum absolute atomic E-state index is 12.6. The minimum Gasteiger partial charge on any atom is -0.437 e. The average molecular weight is 541 g/mol. The van der Waals surface area contributed by atoms with Crippen LogP contribution in [-0.2, 0) is 0 Å². The van der Waals surface area contributed by atoms with Gasteiger partial charge in [0, 0.05) is 33.4 Å². The Morgan fingerprint density at radius 1 is 0.917 bits per heavy atom. The predicted molar refractivity (Wildman–Crippen MR) is 148 cm³/mol. The molecule has 0 radical (unpaired) electrons. The van der Waals surface area contributed by atoms with Crippen molar-refractivity contribution in [3.8, 4) is 22.5 Å². The Bertz CT molecular complexity index is 1490. The molecular formula is C29H25BrN4O2. The summed E-state index contributed by atoms with van der Waals surface area (Å²) in [4.78, 5) is 21.6. The van der Waals surface area contributed by atoms with Crippen molar-refractivity contribution in [2.24, 2.45) is 5.92 Å². The fraction of sp³-hybridized carbons (Fsp3) is 0.138. The second-order valence-electron chi connectivity index (χ2n) is 8.89. The maximum atomic E-state index is 12.6. The van der Waals surface area contributed by atoms with E-state index in [2.05, 4.69) is 62.5 Å². The Balaban J connectivity index is 1.52. The van der Waals surface area contributed by atoms with Crippen LogP contribution in [0.1, 0.15) is 24.2 Å². The van der Waals surface area contributed by atoms with Crippen LogP contribution in [0.5, 0.6) is 0 Å². The second kappa shape index (κ2) is 10.3. The highest BCUT2D eigenvalue weighted by Crippen LogP contribution is 2.42. The molecule has 5 rings (SSSR count). The summed E-state index contributed by atoms with van der Waals surface area (Å²) in [6.07, 6.45) is 1.52. The number of nitrogens with one attached hydrogen (secondary N) is 2. The van der Waals surface area contributed by atoms with E-state index in [9.17, 15) is 4.79 Å². The summed E-state index contributed by atoms with van der Waals surface area (Å²) in [6.45, 7) is 5.09. The lowest BCUT2D eigenvalue weighted by Gasteiger charge is -2.10. The number of furan rings is 1. The predicted octanol–water partition coefficient (Wildman–Crippen LogP) is 7.64. The smallest absolute Gasteiger partial charge is 0.255 e. The molecule has 0 aliphatic heterocycles. The molecule has 0 fully saturated rings. The molecule has 2 heterocycles. The summed E-state index contributed by atoms with van der Waals surface area (Å²) in [5.41, 5.74) is 4.64. The third-order valence-electron chi connectivity index (χ3n) is 5.74. The first kappa shape index (κ1) is 23.8. The number of halogens is 1. The van der Waals surface area contributed by atoms with Crippen molar-refractivity contribution in [3.63, 3.8) is 0 Å². The van der Waals surface area contributed by atoms with E-state index in [-0.39, 0.29) is 5.91 Å². The van der Waals surface area contributed by atoms with Crippen LogP contribution in [0.4, 0.5) is 11.5 Å². The van der Waals surface area contributed by atoms with Gasteiger partial charge in [0.1, 0.15) is 17.9 Å². The Morgan fingerprint density at radius 3 is 2.33 bits per heavy atom. The molecule has 2 aromatic heterocycles. The summed E-state index contributed by atoms with van der Waals surface area (Å²) in [5.74, 6) is 1.75. The molecule has 0 spiro atoms. The number of rotatable bonds is 7. The van der Waals surface area contributed by atoms with E-state index >= 15 is 0 Å². The molecule has 0 bridgehead atoms. The van der Waals surface area contributed by atoms with Crippen molar-refractivity contribution in [3.05, 3.63) is 95.2 Å². The van der Waals surface area contributed by atoms with Gasteiger partial charge in [-0.2, -0.15) is 0 Å². The summed E-state index contributed by atoms with van der Waals surface area (Å²) in [6, 6.07) is 25.0. The van der Waals surface area contributed by atoms with E-state index in [4.69, 9.17) is 4.42 Å². The number of anilines is 2. The van der Waals surface area contributed by atoms with Crippen LogP contribution in [0.2, 0.25) is 0 Å². The molecule has 5 aromatic rings. The summed E-state index contributed by atoms with van der Waals surface area (Å²) in [7, 11) is 0. The Morgan fingerprint density at radius 2 is 1.64 bits per heavy atom. The number of aromatic nitrogens is 2. The fourth-order valence-corrected chi connectivity index (χ4v) is 4.23. The number of carbonyl (C=O) groups excluding carboxylic acids is 1. The lowest BCUT2D eigenvalue weighted by molar-refractivity contribution is 0.102. The van der Waals surface area contributed by atoms with Gasteiger partial charge >= 0.3 is 0 Å². The van der Waals surface area contributed by atoms with Crippen molar-refractivity contribution >= 4 is 44.4 Å². The van der Waals surface area contributed by atoms with Crippen molar-refractivity contribution < 1.29 is 9.21 Å². The zero-order valence-electron chi connectivity index (χ0n) is 20.0. The normalized spacial score (nSPS) is 11.1. The van der Waals surface area contributed by atoms with E-state index in [1.54, 1.807) is 12.1 Å². The summed E-state index contributed by atoms with van der Waals surface area (Å²) >= 11 is 3.39. The van der Waals surface area contributed by atoms with Crippen molar-refractivity contribution in [1.29, 1.82) is 0 Å². The summed E-state index contributed by atoms with van der Waals surface area (Å²) in [5, 5.41) is 7.25. The third kappa shape index (κ3) is 5.02. The van der Waals surface area contributed by atoms with Gasteiger partial charge in [0.25, 0.3) is 5.91 Å². The van der Waals surface area contributed by atoms with E-state index in [1.807, 2.05) is 54.6 Å². The van der Waals surface area contributed by atoms with Gasteiger partial charge in [-0.3, -0.25) is 4.79 Å². The van der Waals surface area contributed by atoms with Gasteiger partial charge in [0.15, 0.2) is 0 Å². The molecule has 0 saturated carbocycles. The molecule has 7 heteroatoms. The topological polar surface area (TPSA) is 80.1 Å². The lowest BCUT2D eigenvalue weighted by Crippen LogP contribution is -2.11. The monoisotopic (exact) mass is 540 g/mol. The SMILES string of the molecule is CC(C)CNc1ncnc2oc(-c3ccc(NC(=O)c4ccc(Br)cc4)cc3)c(-c3ccccc3)c12. The van der Waals surface area contributed by atoms with Gasteiger partial charge in [-0.1, -0.05) is 60.1 Å². The van der Waals surface area contributed by atoms with Gasteiger partial charge in [0.2, 0.25) is 5.71 Å². The lowest BCUT2D eigenvalue weighted by atomic mass is 9.99. The molecule has 2 N–H and O–H groups in total. The molecule has 0 aliphatic rings. The quantitative estimate of drug-likeness (QED) is 0.221. The second-order valence-corrected chi connectivity index (χ2v) is 9.80. The summed E-state index contributed by atoms with van der Waals surface area (Å²) < 4.78 is 7.23. The van der Waals surface area contributed by atoms with Gasteiger partial charge < -0.3 is 15.1 Å². The van der Waals surface area contributed by atoms with Crippen molar-refractivity contribution in [2.75, 3.05) is 17.2 Å². The highest BCUT2D eigenvalue weighted by Gasteiger charge is 2.22. The van der Waals surface area contributed by atoms with Crippen LogP contribution in [-0.4, -0.2) is 22.4 Å². The van der Waals surface area contributed by atoms with E-state index in [1.165, 1.54) is 6.33 Å². The standard InChI is InChI=1S/C29H25BrN4O2/c1-18(2)16-31-27-25-24(19-6-4-3-5-7-19)26(36-29(25)33-17-32-27)20-10-14-23(15-11-20)34-28(35)21-8-12-22(30)13-9-21/h3-15,17-18H,16H2,1-2H3,(H,34,35)(H,31,32,33). The highest BCUT2D eigenvalue weighted by atomic mass is 79.9. The van der Waals surface area contributed by atoms with Crippen molar-refractivity contribution in [1.82, 2.24) is 9.97 Å². The van der Waals surface area contributed by atoms with Crippen LogP contribution < -0.4 is 10.6 Å². The number of carbonyl (C=O) groups is 1. The van der Waals surface area contributed by atoms with Crippen LogP contribution in [0.25, 0.3) is 33.6 Å². The Labute approximate surface area is 217 Å². The highest BCUT2D eigenvalue weighted by molar-refractivity contribution is 9.10. The number of hydrogen-bond donors (Lipinski definition) is 2. The zero-order valence-corrected chi connectivity index (χ0v) is 21.5. The van der Waals surface area contributed by atoms with Crippen LogP contribution >= 0.6 is 15.9 Å². The first-order chi connectivity index (χ1) is 17.5. The van der Waals surface area contributed by atoms with Crippen molar-refractivity contribution in [2.45, 2.75) is 13.8 Å². The van der Waals surface area contributed by atoms with Gasteiger partial charge in [-0.05, 0) is 60.0 Å². The maximum Gasteiger partial charge on any atom is 0.255 e. The fourth-order valence-electron chi connectivity index (χ4n) is 3.96. The average Bonchev–Trinajstić information content (AvgIpc) is 3.29. The van der Waals surface area contributed by atoms with Crippen LogP contribution in [0.15, 0.2) is 94.1 Å². The van der Waals surface area contributed by atoms with Gasteiger partial charge in [-0.15, -0.1) is 0 Å². The van der Waals surface area contributed by atoms with E-state index in [0.717, 1.165) is 38.9 Å². The zero-order chi connectivity index (χ0) is 25.1. The largest absolute Gasteiger partial charge is 0.437 e. The molecule has 6 nitrogen and oxygen atoms in total. The number of benzene rings is 3. The van der Waals surface area contributed by atoms with E-state index in [0.29, 0.717) is 28.6 Å². The first-order valence-corrected chi connectivity index (χ1v) is 12.5. The molecule has 1 amide bonds. The number of fused-ring (bicyclic) bond motifs is 1. The van der Waals surface area contributed by atoms with E-state index < -0.39 is 0 Å². The minimum absolute atomic E-state index is 0.167. The molecule has 0 aliphatic carbocycles. The first-order valence-electron chi connectivity index (χ1n) is 11.7. The van der Waals surface area contributed by atoms with Gasteiger partial charge in [-0.25, -0.2) is 9.97 Å². The molecule has 36 heavy (non-hydrogen) atoms. The molecular weight excluding hydrogens is 516 g/mol. The Hall–Kier alpha value is -3.97. The molecule has 0 saturated heterocycles. The molecule has 0 unspecified atom stereocenters. The number of hydrogen-bond acceptors (Lipinski definition) is 5. The molecule has 3 aromatic carbocycles. The van der Waals surface area contributed by atoms with Crippen LogP contribution in [0, 0.1) is 5.92 Å². The molecule has 0 atom stereocenters. The number of amides is 1. The Kier molecular flexibility index (Phi) is 6.82. The minimum atomic E-state index is -0.167. The van der Waals surface area contributed by atoms with Crippen LogP contribution in [0.3, 0.4) is 0 Å². The number of nitrogens with zero attached hydrogens (tertiary/aromatic N) is 2.